The monoisotopic (exact) mass is 234 g/mol. The molecule has 3 nitrogen and oxygen atoms in total. The fourth-order valence-electron chi connectivity index (χ4n) is 1.44. The fraction of sp³-hybridized carbons (Fsp3) is 0.357. The Hall–Kier alpha value is -1.61. The van der Waals surface area contributed by atoms with Crippen molar-refractivity contribution in [1.29, 1.82) is 0 Å². The largest absolute Gasteiger partial charge is 0.463 e. The molecule has 1 rings (SSSR count). The van der Waals surface area contributed by atoms with Gasteiger partial charge in [-0.25, -0.2) is 4.79 Å². The van der Waals surface area contributed by atoms with Gasteiger partial charge in [0.2, 0.25) is 0 Å². The van der Waals surface area contributed by atoms with Crippen LogP contribution in [-0.4, -0.2) is 23.8 Å². The van der Waals surface area contributed by atoms with Crippen molar-refractivity contribution in [2.45, 2.75) is 25.9 Å². The molecule has 1 aromatic carbocycles. The Morgan fingerprint density at radius 1 is 1.41 bits per heavy atom. The van der Waals surface area contributed by atoms with Crippen LogP contribution in [0.4, 0.5) is 0 Å². The minimum Gasteiger partial charge on any atom is -0.463 e. The minimum absolute atomic E-state index is 0.350. The van der Waals surface area contributed by atoms with E-state index in [0.717, 1.165) is 6.42 Å². The second kappa shape index (κ2) is 7.63. The summed E-state index contributed by atoms with van der Waals surface area (Å²) >= 11 is 0. The Labute approximate surface area is 102 Å². The van der Waals surface area contributed by atoms with E-state index in [-0.39, 0.29) is 0 Å². The summed E-state index contributed by atoms with van der Waals surface area (Å²) in [7, 11) is 0. The van der Waals surface area contributed by atoms with Crippen LogP contribution >= 0.6 is 0 Å². The highest BCUT2D eigenvalue weighted by Crippen LogP contribution is 2.05. The van der Waals surface area contributed by atoms with E-state index in [2.05, 4.69) is 0 Å². The van der Waals surface area contributed by atoms with Gasteiger partial charge in [-0.3, -0.25) is 0 Å². The zero-order valence-corrected chi connectivity index (χ0v) is 10.0. The lowest BCUT2D eigenvalue weighted by Gasteiger charge is -2.05. The number of esters is 1. The van der Waals surface area contributed by atoms with E-state index in [4.69, 9.17) is 4.74 Å². The van der Waals surface area contributed by atoms with Crippen LogP contribution in [-0.2, 0) is 16.0 Å². The molecule has 0 spiro atoms. The predicted molar refractivity (Wildman–Crippen MR) is 66.5 cm³/mol. The van der Waals surface area contributed by atoms with Crippen molar-refractivity contribution in [3.63, 3.8) is 0 Å². The quantitative estimate of drug-likeness (QED) is 0.605. The molecular weight excluding hydrogens is 216 g/mol. The number of carbonyl (C=O) groups excluding carboxylic acids is 1. The fourth-order valence-corrected chi connectivity index (χ4v) is 1.44. The van der Waals surface area contributed by atoms with Gasteiger partial charge in [-0.1, -0.05) is 30.3 Å². The molecule has 3 heteroatoms. The molecule has 17 heavy (non-hydrogen) atoms. The summed E-state index contributed by atoms with van der Waals surface area (Å²) < 4.78 is 4.72. The van der Waals surface area contributed by atoms with Crippen LogP contribution in [0.2, 0.25) is 0 Å². The van der Waals surface area contributed by atoms with Crippen molar-refractivity contribution in [1.82, 2.24) is 0 Å². The van der Waals surface area contributed by atoms with Crippen molar-refractivity contribution in [3.8, 4) is 0 Å². The molecule has 0 saturated heterocycles. The third kappa shape index (κ3) is 5.88. The van der Waals surface area contributed by atoms with Gasteiger partial charge in [-0.15, -0.1) is 0 Å². The number of hydrogen-bond donors (Lipinski definition) is 1. The maximum atomic E-state index is 11.0. The van der Waals surface area contributed by atoms with Gasteiger partial charge in [0.15, 0.2) is 0 Å². The van der Waals surface area contributed by atoms with Crippen LogP contribution in [0.5, 0.6) is 0 Å². The molecule has 0 saturated carbocycles. The maximum absolute atomic E-state index is 11.0. The number of rotatable bonds is 6. The zero-order chi connectivity index (χ0) is 12.5. The lowest BCUT2D eigenvalue weighted by Crippen LogP contribution is -2.06. The van der Waals surface area contributed by atoms with Gasteiger partial charge in [-0.05, 0) is 31.4 Å². The second-order valence-electron chi connectivity index (χ2n) is 3.70. The van der Waals surface area contributed by atoms with Gasteiger partial charge in [0.25, 0.3) is 0 Å². The Kier molecular flexibility index (Phi) is 6.04. The third-order valence-corrected chi connectivity index (χ3v) is 2.31. The van der Waals surface area contributed by atoms with Gasteiger partial charge < -0.3 is 9.84 Å². The molecule has 0 aliphatic heterocycles. The summed E-state index contributed by atoms with van der Waals surface area (Å²) in [6, 6.07) is 9.93. The van der Waals surface area contributed by atoms with Gasteiger partial charge in [0.1, 0.15) is 0 Å². The van der Waals surface area contributed by atoms with Gasteiger partial charge in [0, 0.05) is 6.08 Å². The average Bonchev–Trinajstić information content (AvgIpc) is 2.35. The van der Waals surface area contributed by atoms with Gasteiger partial charge >= 0.3 is 5.97 Å². The van der Waals surface area contributed by atoms with E-state index < -0.39 is 12.1 Å². The molecule has 1 N–H and O–H groups in total. The summed E-state index contributed by atoms with van der Waals surface area (Å²) in [5.41, 5.74) is 1.18. The lowest BCUT2D eigenvalue weighted by molar-refractivity contribution is -0.137. The summed E-state index contributed by atoms with van der Waals surface area (Å²) in [4.78, 5) is 11.0. The number of aryl methyl sites for hydroxylation is 1. The van der Waals surface area contributed by atoms with Crippen molar-refractivity contribution in [2.24, 2.45) is 0 Å². The molecule has 0 heterocycles. The number of hydrogen-bond acceptors (Lipinski definition) is 3. The Morgan fingerprint density at radius 3 is 2.76 bits per heavy atom. The van der Waals surface area contributed by atoms with E-state index in [0.29, 0.717) is 13.0 Å². The molecule has 0 fully saturated rings. The van der Waals surface area contributed by atoms with Crippen molar-refractivity contribution in [3.05, 3.63) is 48.0 Å². The number of carbonyl (C=O) groups is 1. The maximum Gasteiger partial charge on any atom is 0.330 e. The first-order valence-corrected chi connectivity index (χ1v) is 5.79. The van der Waals surface area contributed by atoms with Crippen molar-refractivity contribution >= 4 is 5.97 Å². The molecule has 92 valence electrons. The van der Waals surface area contributed by atoms with Crippen molar-refractivity contribution in [2.75, 3.05) is 6.61 Å². The van der Waals surface area contributed by atoms with E-state index in [1.54, 1.807) is 6.92 Å². The molecule has 1 aromatic rings. The van der Waals surface area contributed by atoms with E-state index in [1.807, 2.05) is 30.3 Å². The highest BCUT2D eigenvalue weighted by molar-refractivity contribution is 5.81. The molecule has 1 unspecified atom stereocenters. The topological polar surface area (TPSA) is 46.5 Å². The van der Waals surface area contributed by atoms with E-state index in [1.165, 1.54) is 17.7 Å². The van der Waals surface area contributed by atoms with Crippen molar-refractivity contribution < 1.29 is 14.6 Å². The molecule has 0 aliphatic carbocycles. The Morgan fingerprint density at radius 2 is 2.12 bits per heavy atom. The first kappa shape index (κ1) is 13.5. The third-order valence-electron chi connectivity index (χ3n) is 2.31. The van der Waals surface area contributed by atoms with Crippen LogP contribution in [0.15, 0.2) is 42.5 Å². The van der Waals surface area contributed by atoms with E-state index >= 15 is 0 Å². The standard InChI is InChI=1S/C14H18O3/c1-2-17-14(16)11-10-13(15)9-8-12-6-4-3-5-7-12/h3-7,10-11,13,15H,2,8-9H2,1H3/b11-10+. The Bertz CT molecular complexity index is 357. The number of ether oxygens (including phenoxy) is 1. The number of benzene rings is 1. The second-order valence-corrected chi connectivity index (χ2v) is 3.70. The molecule has 0 bridgehead atoms. The van der Waals surface area contributed by atoms with E-state index in [9.17, 15) is 9.90 Å². The zero-order valence-electron chi connectivity index (χ0n) is 10.0. The molecule has 0 aliphatic rings. The average molecular weight is 234 g/mol. The van der Waals surface area contributed by atoms with Crippen LogP contribution in [0, 0.1) is 0 Å². The van der Waals surface area contributed by atoms with Crippen LogP contribution in [0.25, 0.3) is 0 Å². The highest BCUT2D eigenvalue weighted by atomic mass is 16.5. The molecular formula is C14H18O3. The summed E-state index contributed by atoms with van der Waals surface area (Å²) in [5, 5.41) is 9.63. The normalized spacial score (nSPS) is 12.6. The first-order chi connectivity index (χ1) is 8.22. The van der Waals surface area contributed by atoms with Gasteiger partial charge in [0.05, 0.1) is 12.7 Å². The predicted octanol–water partition coefficient (Wildman–Crippen LogP) is 2.10. The summed E-state index contributed by atoms with van der Waals surface area (Å²) in [5.74, 6) is -0.411. The molecule has 0 aromatic heterocycles. The summed E-state index contributed by atoms with van der Waals surface area (Å²) in [6.07, 6.45) is 3.52. The number of aliphatic hydroxyl groups excluding tert-OH is 1. The van der Waals surface area contributed by atoms with Crippen LogP contribution < -0.4 is 0 Å². The highest BCUT2D eigenvalue weighted by Gasteiger charge is 2.01. The molecule has 0 amide bonds. The molecule has 1 atom stereocenters. The van der Waals surface area contributed by atoms with Crippen LogP contribution in [0.1, 0.15) is 18.9 Å². The summed E-state index contributed by atoms with van der Waals surface area (Å²) in [6.45, 7) is 2.10. The Balaban J connectivity index is 2.30. The van der Waals surface area contributed by atoms with Gasteiger partial charge in [-0.2, -0.15) is 0 Å². The molecule has 0 radical (unpaired) electrons. The minimum atomic E-state index is -0.611. The smallest absolute Gasteiger partial charge is 0.330 e. The first-order valence-electron chi connectivity index (χ1n) is 5.79. The lowest BCUT2D eigenvalue weighted by atomic mass is 10.1. The SMILES string of the molecule is CCOC(=O)/C=C/C(O)CCc1ccccc1. The van der Waals surface area contributed by atoms with Crippen LogP contribution in [0.3, 0.4) is 0 Å². The number of aliphatic hydroxyl groups is 1.